The van der Waals surface area contributed by atoms with Crippen molar-refractivity contribution in [3.63, 3.8) is 0 Å². The zero-order valence-corrected chi connectivity index (χ0v) is 15.2. The van der Waals surface area contributed by atoms with Gasteiger partial charge in [0.05, 0.1) is 29.3 Å². The van der Waals surface area contributed by atoms with Crippen LogP contribution in [0.15, 0.2) is 36.5 Å². The van der Waals surface area contributed by atoms with Crippen LogP contribution in [0.2, 0.25) is 0 Å². The van der Waals surface area contributed by atoms with E-state index in [4.69, 9.17) is 4.74 Å². The Kier molecular flexibility index (Phi) is 3.86. The SMILES string of the molecule is O=C(Nc1ccc(F)c(C(F)(F)F)c1)C12CC1(c1ccnc(F)c1)C1OC2CC1O. The highest BCUT2D eigenvalue weighted by Gasteiger charge is 2.87. The predicted molar refractivity (Wildman–Crippen MR) is 92.2 cm³/mol. The summed E-state index contributed by atoms with van der Waals surface area (Å²) in [4.78, 5) is 16.7. The fourth-order valence-corrected chi connectivity index (χ4v) is 5.28. The second-order valence-electron chi connectivity index (χ2n) is 7.98. The molecule has 1 aliphatic carbocycles. The maximum atomic E-state index is 13.8. The Balaban J connectivity index is 1.51. The molecule has 3 fully saturated rings. The molecular weight excluding hydrogens is 411 g/mol. The molecule has 0 radical (unpaired) electrons. The lowest BCUT2D eigenvalue weighted by Gasteiger charge is -2.29. The Hall–Kier alpha value is -2.59. The van der Waals surface area contributed by atoms with Crippen LogP contribution in [0.5, 0.6) is 0 Å². The van der Waals surface area contributed by atoms with Gasteiger partial charge in [0, 0.05) is 23.7 Å². The van der Waals surface area contributed by atoms with E-state index >= 15 is 0 Å². The number of amides is 1. The molecule has 0 spiro atoms. The Labute approximate surface area is 166 Å². The number of nitrogens with one attached hydrogen (secondary N) is 1. The highest BCUT2D eigenvalue weighted by molar-refractivity contribution is 6.01. The monoisotopic (exact) mass is 426 g/mol. The number of alkyl halides is 3. The maximum Gasteiger partial charge on any atom is 0.419 e. The number of hydrogen-bond acceptors (Lipinski definition) is 4. The van der Waals surface area contributed by atoms with Gasteiger partial charge in [0.15, 0.2) is 0 Å². The molecule has 2 bridgehead atoms. The van der Waals surface area contributed by atoms with E-state index in [1.165, 1.54) is 18.3 Å². The molecule has 30 heavy (non-hydrogen) atoms. The number of hydrogen-bond donors (Lipinski definition) is 2. The Bertz CT molecular complexity index is 1060. The fraction of sp³-hybridized carbons (Fsp3) is 0.400. The molecule has 2 aliphatic heterocycles. The molecule has 2 saturated heterocycles. The standard InChI is InChI=1S/C20H15F5N2O3/c21-12-2-1-10(6-11(12)20(23,24)25)27-17(29)19-8-18(19,9-3-4-26-15(22)5-9)16-13(28)7-14(19)30-16/h1-6,13-14,16,28H,7-8H2,(H,27,29). The highest BCUT2D eigenvalue weighted by atomic mass is 19.4. The number of aliphatic hydroxyl groups is 1. The second-order valence-corrected chi connectivity index (χ2v) is 7.98. The molecule has 2 aromatic rings. The minimum atomic E-state index is -4.92. The zero-order chi connectivity index (χ0) is 21.5. The van der Waals surface area contributed by atoms with Crippen LogP contribution in [0.25, 0.3) is 0 Å². The van der Waals surface area contributed by atoms with Crippen molar-refractivity contribution >= 4 is 11.6 Å². The van der Waals surface area contributed by atoms with Gasteiger partial charge in [0.25, 0.3) is 0 Å². The summed E-state index contributed by atoms with van der Waals surface area (Å²) >= 11 is 0. The normalized spacial score (nSPS) is 34.0. The van der Waals surface area contributed by atoms with Crippen LogP contribution in [0.4, 0.5) is 27.6 Å². The minimum Gasteiger partial charge on any atom is -0.390 e. The number of ether oxygens (including phenoxy) is 1. The Morgan fingerprint density at radius 2 is 2.00 bits per heavy atom. The van der Waals surface area contributed by atoms with Crippen molar-refractivity contribution in [2.75, 3.05) is 5.32 Å². The third-order valence-electron chi connectivity index (χ3n) is 6.56. The minimum absolute atomic E-state index is 0.185. The van der Waals surface area contributed by atoms with Gasteiger partial charge in [0.2, 0.25) is 11.9 Å². The van der Waals surface area contributed by atoms with Gasteiger partial charge in [-0.05, 0) is 42.3 Å². The average Bonchev–Trinajstić information content (AvgIpc) is 3.16. The van der Waals surface area contributed by atoms with E-state index in [0.29, 0.717) is 17.7 Å². The Morgan fingerprint density at radius 1 is 1.23 bits per heavy atom. The summed E-state index contributed by atoms with van der Waals surface area (Å²) < 4.78 is 72.1. The van der Waals surface area contributed by atoms with Crippen molar-refractivity contribution in [2.45, 2.75) is 42.7 Å². The van der Waals surface area contributed by atoms with Gasteiger partial charge in [-0.3, -0.25) is 4.79 Å². The first-order chi connectivity index (χ1) is 14.1. The molecule has 10 heteroatoms. The molecule has 1 aromatic heterocycles. The third-order valence-corrected chi connectivity index (χ3v) is 6.56. The van der Waals surface area contributed by atoms with Crippen LogP contribution in [-0.2, 0) is 21.1 Å². The van der Waals surface area contributed by atoms with E-state index in [0.717, 1.165) is 6.07 Å². The first kappa shape index (κ1) is 19.4. The molecule has 2 N–H and O–H groups in total. The average molecular weight is 426 g/mol. The number of fused-ring (bicyclic) bond motifs is 5. The van der Waals surface area contributed by atoms with E-state index in [1.54, 1.807) is 0 Å². The predicted octanol–water partition coefficient (Wildman–Crippen LogP) is 3.18. The van der Waals surface area contributed by atoms with Crippen molar-refractivity contribution in [1.82, 2.24) is 4.98 Å². The largest absolute Gasteiger partial charge is 0.419 e. The van der Waals surface area contributed by atoms with Crippen LogP contribution in [0.1, 0.15) is 24.0 Å². The number of pyridine rings is 1. The molecular formula is C20H15F5N2O3. The third kappa shape index (κ3) is 2.40. The maximum absolute atomic E-state index is 13.8. The molecule has 3 aliphatic rings. The first-order valence-corrected chi connectivity index (χ1v) is 9.23. The number of anilines is 1. The quantitative estimate of drug-likeness (QED) is 0.584. The Morgan fingerprint density at radius 3 is 2.70 bits per heavy atom. The lowest BCUT2D eigenvalue weighted by atomic mass is 9.74. The number of halogens is 5. The van der Waals surface area contributed by atoms with Crippen LogP contribution in [0.3, 0.4) is 0 Å². The summed E-state index contributed by atoms with van der Waals surface area (Å²) in [6.07, 6.45) is -5.50. The molecule has 158 valence electrons. The van der Waals surface area contributed by atoms with E-state index in [9.17, 15) is 31.9 Å². The first-order valence-electron chi connectivity index (χ1n) is 9.23. The molecule has 5 rings (SSSR count). The van der Waals surface area contributed by atoms with Crippen LogP contribution in [-0.4, -0.2) is 34.3 Å². The number of carbonyl (C=O) groups is 1. The number of rotatable bonds is 3. The van der Waals surface area contributed by atoms with E-state index < -0.39 is 58.6 Å². The van der Waals surface area contributed by atoms with Crippen molar-refractivity contribution in [3.8, 4) is 0 Å². The smallest absolute Gasteiger partial charge is 0.390 e. The van der Waals surface area contributed by atoms with E-state index in [2.05, 4.69) is 10.3 Å². The number of benzene rings is 1. The lowest BCUT2D eigenvalue weighted by Crippen LogP contribution is -2.44. The molecule has 5 nitrogen and oxygen atoms in total. The van der Waals surface area contributed by atoms with Gasteiger partial charge in [-0.2, -0.15) is 17.6 Å². The summed E-state index contributed by atoms with van der Waals surface area (Å²) in [6.45, 7) is 0. The molecule has 3 heterocycles. The van der Waals surface area contributed by atoms with Crippen LogP contribution >= 0.6 is 0 Å². The van der Waals surface area contributed by atoms with Crippen molar-refractivity contribution in [2.24, 2.45) is 5.41 Å². The number of aromatic nitrogens is 1. The van der Waals surface area contributed by atoms with Crippen molar-refractivity contribution < 1.29 is 36.6 Å². The van der Waals surface area contributed by atoms with Crippen LogP contribution in [0, 0.1) is 17.2 Å². The lowest BCUT2D eigenvalue weighted by molar-refractivity contribution is -0.140. The van der Waals surface area contributed by atoms with E-state index in [-0.39, 0.29) is 18.5 Å². The van der Waals surface area contributed by atoms with Gasteiger partial charge in [-0.1, -0.05) is 0 Å². The summed E-state index contributed by atoms with van der Waals surface area (Å²) in [5.41, 5.74) is -3.44. The van der Waals surface area contributed by atoms with Crippen molar-refractivity contribution in [1.29, 1.82) is 0 Å². The van der Waals surface area contributed by atoms with Gasteiger partial charge >= 0.3 is 6.18 Å². The summed E-state index contributed by atoms with van der Waals surface area (Å²) in [7, 11) is 0. The van der Waals surface area contributed by atoms with Crippen molar-refractivity contribution in [3.05, 3.63) is 59.4 Å². The number of aliphatic hydroxyl groups excluding tert-OH is 1. The van der Waals surface area contributed by atoms with Gasteiger partial charge in [0.1, 0.15) is 5.82 Å². The summed E-state index contributed by atoms with van der Waals surface area (Å²) in [5.74, 6) is -2.81. The number of carbonyl (C=O) groups excluding carboxylic acids is 1. The summed E-state index contributed by atoms with van der Waals surface area (Å²) in [6, 6.07) is 4.91. The zero-order valence-electron chi connectivity index (χ0n) is 15.2. The molecule has 1 saturated carbocycles. The van der Waals surface area contributed by atoms with E-state index in [1.807, 2.05) is 0 Å². The molecule has 1 aromatic carbocycles. The highest BCUT2D eigenvalue weighted by Crippen LogP contribution is 2.77. The molecule has 1 amide bonds. The van der Waals surface area contributed by atoms with Gasteiger partial charge < -0.3 is 15.2 Å². The van der Waals surface area contributed by atoms with Gasteiger partial charge in [-0.25, -0.2) is 9.37 Å². The second kappa shape index (κ2) is 5.98. The van der Waals surface area contributed by atoms with Crippen LogP contribution < -0.4 is 5.32 Å². The molecule has 5 atom stereocenters. The molecule has 5 unspecified atom stereocenters. The number of nitrogens with zero attached hydrogens (tertiary/aromatic N) is 1. The fourth-order valence-electron chi connectivity index (χ4n) is 5.28. The topological polar surface area (TPSA) is 71.5 Å². The summed E-state index contributed by atoms with van der Waals surface area (Å²) in [5, 5.41) is 12.8. The van der Waals surface area contributed by atoms with Gasteiger partial charge in [-0.15, -0.1) is 0 Å².